The molecule has 3 fully saturated rings. The Hall–Kier alpha value is -1.21. The SMILES string of the molecule is CC(=O)Nc1ccc(N2C(=O)[C@@H]3[C@H]4C[C@@H]([C@H](Br)[C@H]4Br)[C@@H]3C2=O)cc1. The van der Waals surface area contributed by atoms with Crippen LogP contribution in [0.15, 0.2) is 24.3 Å². The second kappa shape index (κ2) is 5.66. The lowest BCUT2D eigenvalue weighted by atomic mass is 9.81. The highest BCUT2D eigenvalue weighted by atomic mass is 79.9. The Morgan fingerprint density at radius 2 is 1.54 bits per heavy atom. The molecule has 4 rings (SSSR count). The lowest BCUT2D eigenvalue weighted by molar-refractivity contribution is -0.123. The van der Waals surface area contributed by atoms with Crippen molar-refractivity contribution in [2.75, 3.05) is 10.2 Å². The summed E-state index contributed by atoms with van der Waals surface area (Å²) < 4.78 is 0. The Morgan fingerprint density at radius 3 is 2.00 bits per heavy atom. The zero-order valence-electron chi connectivity index (χ0n) is 12.9. The number of alkyl halides is 2. The van der Waals surface area contributed by atoms with Gasteiger partial charge in [-0.05, 0) is 42.5 Å². The Morgan fingerprint density at radius 1 is 1.04 bits per heavy atom. The van der Waals surface area contributed by atoms with Gasteiger partial charge in [-0.15, -0.1) is 0 Å². The van der Waals surface area contributed by atoms with E-state index in [9.17, 15) is 14.4 Å². The molecule has 126 valence electrons. The third kappa shape index (κ3) is 2.20. The first-order chi connectivity index (χ1) is 11.4. The lowest BCUT2D eigenvalue weighted by Gasteiger charge is -2.28. The van der Waals surface area contributed by atoms with Crippen LogP contribution in [0.1, 0.15) is 13.3 Å². The van der Waals surface area contributed by atoms with Crippen LogP contribution in [-0.4, -0.2) is 27.4 Å². The minimum Gasteiger partial charge on any atom is -0.326 e. The zero-order valence-corrected chi connectivity index (χ0v) is 16.1. The predicted octanol–water partition coefficient (Wildman–Crippen LogP) is 2.93. The number of imide groups is 1. The molecule has 3 amide bonds. The van der Waals surface area contributed by atoms with Crippen LogP contribution in [0.5, 0.6) is 0 Å². The van der Waals surface area contributed by atoms with E-state index in [2.05, 4.69) is 37.2 Å². The number of nitrogens with zero attached hydrogens (tertiary/aromatic N) is 1. The number of benzene rings is 1. The fourth-order valence-electron chi connectivity index (χ4n) is 4.50. The van der Waals surface area contributed by atoms with Crippen LogP contribution >= 0.6 is 31.9 Å². The second-order valence-corrected chi connectivity index (χ2v) is 8.86. The summed E-state index contributed by atoms with van der Waals surface area (Å²) in [6.45, 7) is 1.44. The van der Waals surface area contributed by atoms with Crippen LogP contribution in [0.3, 0.4) is 0 Å². The van der Waals surface area contributed by atoms with E-state index in [1.54, 1.807) is 24.3 Å². The first-order valence-corrected chi connectivity index (χ1v) is 9.77. The smallest absolute Gasteiger partial charge is 0.238 e. The van der Waals surface area contributed by atoms with Gasteiger partial charge in [0.15, 0.2) is 0 Å². The average molecular weight is 456 g/mol. The van der Waals surface area contributed by atoms with Crippen LogP contribution in [0, 0.1) is 23.7 Å². The van der Waals surface area contributed by atoms with Gasteiger partial charge in [-0.25, -0.2) is 0 Å². The summed E-state index contributed by atoms with van der Waals surface area (Å²) in [7, 11) is 0. The summed E-state index contributed by atoms with van der Waals surface area (Å²) in [5.74, 6) is -0.337. The highest BCUT2D eigenvalue weighted by Crippen LogP contribution is 2.60. The normalized spacial score (nSPS) is 37.0. The Kier molecular flexibility index (Phi) is 3.84. The molecule has 5 nitrogen and oxygen atoms in total. The maximum atomic E-state index is 12.9. The molecule has 1 saturated heterocycles. The quantitative estimate of drug-likeness (QED) is 0.550. The van der Waals surface area contributed by atoms with Crippen LogP contribution in [0.2, 0.25) is 0 Å². The van der Waals surface area contributed by atoms with Gasteiger partial charge in [0.1, 0.15) is 0 Å². The first-order valence-electron chi connectivity index (χ1n) is 7.93. The van der Waals surface area contributed by atoms with Gasteiger partial charge in [0, 0.05) is 22.3 Å². The second-order valence-electron chi connectivity index (χ2n) is 6.74. The standard InChI is InChI=1S/C17H16Br2N2O3/c1-7(22)20-8-2-4-9(5-3-8)21-16(23)12-10-6-11(13(12)17(21)24)15(19)14(10)18/h2-5,10-15H,6H2,1H3,(H,20,22)/t10-,11-,12-,13+,14+,15+/m1/s1. The molecule has 1 heterocycles. The monoisotopic (exact) mass is 454 g/mol. The van der Waals surface area contributed by atoms with Crippen molar-refractivity contribution in [1.82, 2.24) is 0 Å². The average Bonchev–Trinajstić information content (AvgIpc) is 3.13. The van der Waals surface area contributed by atoms with Gasteiger partial charge in [-0.2, -0.15) is 0 Å². The molecule has 0 radical (unpaired) electrons. The Balaban J connectivity index is 1.63. The molecule has 1 aromatic rings. The molecule has 2 bridgehead atoms. The highest BCUT2D eigenvalue weighted by molar-refractivity contribution is 9.12. The van der Waals surface area contributed by atoms with Gasteiger partial charge < -0.3 is 5.32 Å². The van der Waals surface area contributed by atoms with Gasteiger partial charge in [-0.3, -0.25) is 19.3 Å². The van der Waals surface area contributed by atoms with Crippen molar-refractivity contribution in [3.63, 3.8) is 0 Å². The van der Waals surface area contributed by atoms with E-state index in [4.69, 9.17) is 0 Å². The van der Waals surface area contributed by atoms with Crippen LogP contribution in [0.4, 0.5) is 11.4 Å². The topological polar surface area (TPSA) is 66.5 Å². The number of halogens is 2. The van der Waals surface area contributed by atoms with Crippen LogP contribution < -0.4 is 10.2 Å². The van der Waals surface area contributed by atoms with E-state index < -0.39 is 0 Å². The van der Waals surface area contributed by atoms with Crippen LogP contribution in [0.25, 0.3) is 0 Å². The van der Waals surface area contributed by atoms with Gasteiger partial charge in [0.2, 0.25) is 17.7 Å². The molecular formula is C17H16Br2N2O3. The van der Waals surface area contributed by atoms with Crippen molar-refractivity contribution < 1.29 is 14.4 Å². The third-order valence-electron chi connectivity index (χ3n) is 5.43. The minimum absolute atomic E-state index is 0.0892. The van der Waals surface area contributed by atoms with Gasteiger partial charge in [0.25, 0.3) is 0 Å². The Labute approximate surface area is 156 Å². The first kappa shape index (κ1) is 16.3. The number of rotatable bonds is 2. The fraction of sp³-hybridized carbons (Fsp3) is 0.471. The molecule has 24 heavy (non-hydrogen) atoms. The number of hydrogen-bond acceptors (Lipinski definition) is 3. The summed E-state index contributed by atoms with van der Waals surface area (Å²) in [4.78, 5) is 38.7. The summed E-state index contributed by atoms with van der Waals surface area (Å²) in [5.41, 5.74) is 1.22. The molecule has 6 atom stereocenters. The van der Waals surface area contributed by atoms with E-state index in [-0.39, 0.29) is 51.0 Å². The largest absolute Gasteiger partial charge is 0.326 e. The molecule has 2 saturated carbocycles. The van der Waals surface area contributed by atoms with Gasteiger partial charge >= 0.3 is 0 Å². The molecule has 0 spiro atoms. The fourth-order valence-corrected chi connectivity index (χ4v) is 6.37. The number of nitrogens with one attached hydrogen (secondary N) is 1. The summed E-state index contributed by atoms with van der Waals surface area (Å²) in [6.07, 6.45) is 0.925. The third-order valence-corrected chi connectivity index (χ3v) is 8.64. The number of hydrogen-bond donors (Lipinski definition) is 1. The molecule has 1 N–H and O–H groups in total. The summed E-state index contributed by atoms with van der Waals surface area (Å²) >= 11 is 7.37. The number of carbonyl (C=O) groups is 3. The molecule has 0 unspecified atom stereocenters. The molecule has 1 aromatic carbocycles. The van der Waals surface area contributed by atoms with Crippen molar-refractivity contribution in [1.29, 1.82) is 0 Å². The predicted molar refractivity (Wildman–Crippen MR) is 97.2 cm³/mol. The zero-order chi connectivity index (χ0) is 17.2. The van der Waals surface area contributed by atoms with E-state index in [0.717, 1.165) is 6.42 Å². The Bertz CT molecular complexity index is 704. The van der Waals surface area contributed by atoms with E-state index in [1.165, 1.54) is 11.8 Å². The van der Waals surface area contributed by atoms with Crippen molar-refractivity contribution in [2.45, 2.75) is 23.0 Å². The van der Waals surface area contributed by atoms with E-state index in [1.807, 2.05) is 0 Å². The molecule has 2 aliphatic carbocycles. The van der Waals surface area contributed by atoms with Crippen LogP contribution in [-0.2, 0) is 14.4 Å². The van der Waals surface area contributed by atoms with Gasteiger partial charge in [-0.1, -0.05) is 31.9 Å². The van der Waals surface area contributed by atoms with Crippen molar-refractivity contribution >= 4 is 61.0 Å². The van der Waals surface area contributed by atoms with Crippen molar-refractivity contribution in [2.24, 2.45) is 23.7 Å². The highest BCUT2D eigenvalue weighted by Gasteiger charge is 2.66. The number of carbonyl (C=O) groups excluding carboxylic acids is 3. The minimum atomic E-state index is -0.212. The lowest BCUT2D eigenvalue weighted by Crippen LogP contribution is -2.37. The van der Waals surface area contributed by atoms with Crippen molar-refractivity contribution in [3.05, 3.63) is 24.3 Å². The number of anilines is 2. The number of fused-ring (bicyclic) bond motifs is 5. The molecule has 7 heteroatoms. The molecule has 3 aliphatic rings. The molecular weight excluding hydrogens is 440 g/mol. The summed E-state index contributed by atoms with van der Waals surface area (Å²) in [6, 6.07) is 6.84. The van der Waals surface area contributed by atoms with Gasteiger partial charge in [0.05, 0.1) is 17.5 Å². The van der Waals surface area contributed by atoms with E-state index >= 15 is 0 Å². The molecule has 0 aromatic heterocycles. The summed E-state index contributed by atoms with van der Waals surface area (Å²) in [5, 5.41) is 2.68. The maximum Gasteiger partial charge on any atom is 0.238 e. The number of amides is 3. The molecule has 1 aliphatic heterocycles. The maximum absolute atomic E-state index is 12.9. The van der Waals surface area contributed by atoms with Crippen molar-refractivity contribution in [3.8, 4) is 0 Å². The van der Waals surface area contributed by atoms with E-state index in [0.29, 0.717) is 11.4 Å².